The second-order valence-electron chi connectivity index (χ2n) is 5.59. The number of nitrogens with one attached hydrogen (secondary N) is 3. The zero-order valence-electron chi connectivity index (χ0n) is 13.3. The molecule has 5 nitrogen and oxygen atoms in total. The van der Waals surface area contributed by atoms with E-state index < -0.39 is 6.04 Å². The maximum atomic E-state index is 12.9. The van der Waals surface area contributed by atoms with Crippen molar-refractivity contribution in [1.29, 1.82) is 0 Å². The molecule has 1 aliphatic heterocycles. The number of phenolic OH excluding ortho intramolecular Hbond substituents is 1. The molecular formula is C18H16BrN3O2S. The van der Waals surface area contributed by atoms with Gasteiger partial charge in [-0.2, -0.15) is 0 Å². The third-order valence-corrected chi connectivity index (χ3v) is 4.56. The summed E-state index contributed by atoms with van der Waals surface area (Å²) in [4.78, 5) is 12.9. The smallest absolute Gasteiger partial charge is 0.255 e. The van der Waals surface area contributed by atoms with E-state index in [1.807, 2.05) is 30.3 Å². The van der Waals surface area contributed by atoms with Gasteiger partial charge in [0.05, 0.1) is 11.6 Å². The molecular weight excluding hydrogens is 402 g/mol. The van der Waals surface area contributed by atoms with Crippen molar-refractivity contribution >= 4 is 44.9 Å². The van der Waals surface area contributed by atoms with E-state index in [9.17, 15) is 9.90 Å². The summed E-state index contributed by atoms with van der Waals surface area (Å²) in [6.45, 7) is 1.79. The molecule has 2 aromatic carbocycles. The first-order chi connectivity index (χ1) is 12.0. The maximum Gasteiger partial charge on any atom is 0.255 e. The number of rotatable bonds is 3. The maximum absolute atomic E-state index is 12.9. The highest BCUT2D eigenvalue weighted by molar-refractivity contribution is 9.10. The van der Waals surface area contributed by atoms with Crippen LogP contribution in [0.4, 0.5) is 5.69 Å². The van der Waals surface area contributed by atoms with Crippen molar-refractivity contribution < 1.29 is 9.90 Å². The van der Waals surface area contributed by atoms with Gasteiger partial charge >= 0.3 is 0 Å². The van der Waals surface area contributed by atoms with E-state index >= 15 is 0 Å². The van der Waals surface area contributed by atoms with Crippen molar-refractivity contribution in [2.45, 2.75) is 13.0 Å². The Hall–Kier alpha value is -2.38. The summed E-state index contributed by atoms with van der Waals surface area (Å²) in [6, 6.07) is 13.7. The molecule has 1 amide bonds. The highest BCUT2D eigenvalue weighted by Gasteiger charge is 2.31. The number of amides is 1. The Morgan fingerprint density at radius 2 is 1.96 bits per heavy atom. The fraction of sp³-hybridized carbons (Fsp3) is 0.111. The van der Waals surface area contributed by atoms with Gasteiger partial charge in [0.1, 0.15) is 5.75 Å². The van der Waals surface area contributed by atoms with Crippen LogP contribution in [0.2, 0.25) is 0 Å². The number of carbonyl (C=O) groups excluding carboxylic acids is 1. The number of allylic oxidation sites excluding steroid dienone is 1. The van der Waals surface area contributed by atoms with E-state index in [0.717, 1.165) is 4.47 Å². The number of phenols is 1. The number of para-hydroxylation sites is 1. The van der Waals surface area contributed by atoms with Gasteiger partial charge in [0.15, 0.2) is 5.11 Å². The SMILES string of the molecule is CC1=C(C(=O)Nc2ccccc2)C(c2cc(Br)ccc2O)NC(=S)N1. The number of halogens is 1. The van der Waals surface area contributed by atoms with E-state index in [2.05, 4.69) is 31.9 Å². The van der Waals surface area contributed by atoms with Crippen molar-refractivity contribution in [1.82, 2.24) is 10.6 Å². The zero-order chi connectivity index (χ0) is 18.0. The molecule has 1 aliphatic rings. The van der Waals surface area contributed by atoms with Crippen LogP contribution in [0, 0.1) is 0 Å². The Labute approximate surface area is 159 Å². The van der Waals surface area contributed by atoms with E-state index in [4.69, 9.17) is 12.2 Å². The lowest BCUT2D eigenvalue weighted by atomic mass is 9.94. The minimum atomic E-state index is -0.560. The Bertz CT molecular complexity index is 868. The molecule has 25 heavy (non-hydrogen) atoms. The number of aromatic hydroxyl groups is 1. The summed E-state index contributed by atoms with van der Waals surface area (Å²) in [5, 5.41) is 19.6. The molecule has 0 aromatic heterocycles. The minimum Gasteiger partial charge on any atom is -0.508 e. The average Bonchev–Trinajstić information content (AvgIpc) is 2.57. The summed E-state index contributed by atoms with van der Waals surface area (Å²) in [5.74, 6) is -0.182. The van der Waals surface area contributed by atoms with Crippen LogP contribution in [0.25, 0.3) is 0 Å². The molecule has 0 saturated heterocycles. The Balaban J connectivity index is 2.00. The van der Waals surface area contributed by atoms with E-state index in [-0.39, 0.29) is 11.7 Å². The van der Waals surface area contributed by atoms with Gasteiger partial charge in [-0.05, 0) is 49.5 Å². The largest absolute Gasteiger partial charge is 0.508 e. The first kappa shape index (κ1) is 17.4. The summed E-state index contributed by atoms with van der Waals surface area (Å²) in [5.41, 5.74) is 2.36. The molecule has 0 aliphatic carbocycles. The Morgan fingerprint density at radius 1 is 1.24 bits per heavy atom. The number of thiocarbonyl (C=S) groups is 1. The predicted molar refractivity (Wildman–Crippen MR) is 105 cm³/mol. The van der Waals surface area contributed by atoms with Gasteiger partial charge in [0, 0.05) is 21.4 Å². The summed E-state index contributed by atoms with van der Waals surface area (Å²) < 4.78 is 0.798. The van der Waals surface area contributed by atoms with Crippen LogP contribution in [-0.2, 0) is 4.79 Å². The van der Waals surface area contributed by atoms with Crippen molar-refractivity contribution in [2.24, 2.45) is 0 Å². The molecule has 0 saturated carbocycles. The van der Waals surface area contributed by atoms with E-state index in [1.165, 1.54) is 0 Å². The number of hydrogen-bond donors (Lipinski definition) is 4. The van der Waals surface area contributed by atoms with Crippen molar-refractivity contribution in [3.63, 3.8) is 0 Å². The van der Waals surface area contributed by atoms with Gasteiger partial charge in [-0.15, -0.1) is 0 Å². The molecule has 4 N–H and O–H groups in total. The highest BCUT2D eigenvalue weighted by Crippen LogP contribution is 2.34. The number of benzene rings is 2. The quantitative estimate of drug-likeness (QED) is 0.574. The van der Waals surface area contributed by atoms with E-state index in [1.54, 1.807) is 25.1 Å². The molecule has 0 fully saturated rings. The second kappa shape index (κ2) is 7.25. The van der Waals surface area contributed by atoms with Crippen LogP contribution >= 0.6 is 28.1 Å². The molecule has 2 aromatic rings. The molecule has 0 radical (unpaired) electrons. The average molecular weight is 418 g/mol. The molecule has 1 heterocycles. The van der Waals surface area contributed by atoms with Crippen molar-refractivity contribution in [2.75, 3.05) is 5.32 Å². The van der Waals surface area contributed by atoms with Gasteiger partial charge in [-0.25, -0.2) is 0 Å². The first-order valence-electron chi connectivity index (χ1n) is 7.59. The van der Waals surface area contributed by atoms with Gasteiger partial charge in [-0.1, -0.05) is 34.1 Å². The lowest BCUT2D eigenvalue weighted by Gasteiger charge is -2.30. The number of hydrogen-bond acceptors (Lipinski definition) is 3. The fourth-order valence-corrected chi connectivity index (χ4v) is 3.35. The van der Waals surface area contributed by atoms with Crippen LogP contribution < -0.4 is 16.0 Å². The van der Waals surface area contributed by atoms with Crippen molar-refractivity contribution in [3.05, 3.63) is 69.8 Å². The molecule has 1 unspecified atom stereocenters. The lowest BCUT2D eigenvalue weighted by molar-refractivity contribution is -0.113. The molecule has 128 valence electrons. The van der Waals surface area contributed by atoms with Crippen LogP contribution in [0.5, 0.6) is 5.75 Å². The fourth-order valence-electron chi connectivity index (χ4n) is 2.70. The number of carbonyl (C=O) groups is 1. The Kier molecular flexibility index (Phi) is 5.06. The van der Waals surface area contributed by atoms with Gasteiger partial charge in [0.2, 0.25) is 0 Å². The number of anilines is 1. The third-order valence-electron chi connectivity index (χ3n) is 3.85. The molecule has 1 atom stereocenters. The first-order valence-corrected chi connectivity index (χ1v) is 8.79. The van der Waals surface area contributed by atoms with Gasteiger partial charge in [-0.3, -0.25) is 4.79 Å². The summed E-state index contributed by atoms with van der Waals surface area (Å²) in [7, 11) is 0. The van der Waals surface area contributed by atoms with Crippen LogP contribution in [0.15, 0.2) is 64.3 Å². The normalized spacial score (nSPS) is 16.9. The van der Waals surface area contributed by atoms with Crippen molar-refractivity contribution in [3.8, 4) is 5.75 Å². The highest BCUT2D eigenvalue weighted by atomic mass is 79.9. The van der Waals surface area contributed by atoms with Crippen LogP contribution in [0.1, 0.15) is 18.5 Å². The standard InChI is InChI=1S/C18H16BrN3O2S/c1-10-15(17(24)21-12-5-3-2-4-6-12)16(22-18(25)20-10)13-9-11(19)7-8-14(13)23/h2-9,16,23H,1H3,(H,21,24)(H2,20,22,25). The van der Waals surface area contributed by atoms with Crippen LogP contribution in [-0.4, -0.2) is 16.1 Å². The Morgan fingerprint density at radius 3 is 2.68 bits per heavy atom. The third kappa shape index (κ3) is 3.83. The zero-order valence-corrected chi connectivity index (χ0v) is 15.7. The monoisotopic (exact) mass is 417 g/mol. The topological polar surface area (TPSA) is 73.4 Å². The summed E-state index contributed by atoms with van der Waals surface area (Å²) >= 11 is 8.62. The minimum absolute atomic E-state index is 0.0863. The van der Waals surface area contributed by atoms with Crippen LogP contribution in [0.3, 0.4) is 0 Å². The van der Waals surface area contributed by atoms with Gasteiger partial charge in [0.25, 0.3) is 5.91 Å². The second-order valence-corrected chi connectivity index (χ2v) is 6.92. The molecule has 3 rings (SSSR count). The predicted octanol–water partition coefficient (Wildman–Crippen LogP) is 3.59. The van der Waals surface area contributed by atoms with Gasteiger partial charge < -0.3 is 21.1 Å². The molecule has 0 bridgehead atoms. The van der Waals surface area contributed by atoms with E-state index in [0.29, 0.717) is 27.6 Å². The lowest BCUT2D eigenvalue weighted by Crippen LogP contribution is -2.45. The molecule has 7 heteroatoms. The molecule has 0 spiro atoms. The summed E-state index contributed by atoms with van der Waals surface area (Å²) in [6.07, 6.45) is 0.